The summed E-state index contributed by atoms with van der Waals surface area (Å²) in [6.45, 7) is 4.79. The highest BCUT2D eigenvalue weighted by Gasteiger charge is 2.38. The minimum absolute atomic E-state index is 0.0615. The highest BCUT2D eigenvalue weighted by molar-refractivity contribution is 7.91. The topological polar surface area (TPSA) is 110 Å². The van der Waals surface area contributed by atoms with E-state index in [1.165, 1.54) is 36.2 Å². The molecule has 1 N–H and O–H groups in total. The largest absolute Gasteiger partial charge is 0.444 e. The van der Waals surface area contributed by atoms with E-state index in [0.29, 0.717) is 12.1 Å². The number of halogens is 3. The number of sulfonamides is 1. The van der Waals surface area contributed by atoms with Crippen molar-refractivity contribution in [2.45, 2.75) is 53.7 Å². The fourth-order valence-electron chi connectivity index (χ4n) is 2.89. The van der Waals surface area contributed by atoms with E-state index in [1.54, 1.807) is 26.8 Å². The summed E-state index contributed by atoms with van der Waals surface area (Å²) in [7, 11) is -7.59. The molecule has 0 heterocycles. The summed E-state index contributed by atoms with van der Waals surface area (Å²) < 4.78 is 99.1. The molecule has 0 atom stereocenters. The zero-order valence-corrected chi connectivity index (χ0v) is 21.2. The first-order chi connectivity index (χ1) is 15.9. The minimum Gasteiger partial charge on any atom is -0.444 e. The van der Waals surface area contributed by atoms with E-state index in [4.69, 9.17) is 4.74 Å². The molecule has 194 valence electrons. The van der Waals surface area contributed by atoms with Crippen LogP contribution in [0.1, 0.15) is 32.8 Å². The van der Waals surface area contributed by atoms with E-state index < -0.39 is 53.1 Å². The van der Waals surface area contributed by atoms with Gasteiger partial charge in [0.15, 0.2) is 0 Å². The van der Waals surface area contributed by atoms with Crippen LogP contribution in [0.2, 0.25) is 0 Å². The predicted octanol–water partition coefficient (Wildman–Crippen LogP) is 4.07. The van der Waals surface area contributed by atoms with Crippen LogP contribution in [0.3, 0.4) is 0 Å². The number of benzene rings is 2. The Kier molecular flexibility index (Phi) is 8.61. The molecular formula is C22H27F3N2O6S2. The van der Waals surface area contributed by atoms with E-state index in [-0.39, 0.29) is 24.4 Å². The second kappa shape index (κ2) is 10.5. The lowest BCUT2D eigenvalue weighted by atomic mass is 10.2. The van der Waals surface area contributed by atoms with Crippen molar-refractivity contribution >= 4 is 26.0 Å². The number of alkyl halides is 3. The lowest BCUT2D eigenvalue weighted by Crippen LogP contribution is -2.36. The van der Waals surface area contributed by atoms with Crippen LogP contribution in [0.25, 0.3) is 0 Å². The second-order valence-electron chi connectivity index (χ2n) is 8.63. The van der Waals surface area contributed by atoms with Gasteiger partial charge in [-0.3, -0.25) is 0 Å². The van der Waals surface area contributed by atoms with E-state index in [9.17, 15) is 34.8 Å². The normalized spacial score (nSPS) is 12.9. The van der Waals surface area contributed by atoms with Gasteiger partial charge in [-0.15, -0.1) is 0 Å². The molecule has 2 rings (SSSR count). The van der Waals surface area contributed by atoms with Gasteiger partial charge in [-0.2, -0.15) is 13.2 Å². The van der Waals surface area contributed by atoms with Crippen molar-refractivity contribution in [3.8, 4) is 0 Å². The number of rotatable bonds is 8. The van der Waals surface area contributed by atoms with Crippen molar-refractivity contribution < 1.29 is 39.5 Å². The number of carbonyl (C=O) groups excluding carboxylic acids is 1. The minimum atomic E-state index is -5.05. The number of nitrogens with one attached hydrogen (secondary N) is 1. The third-order valence-corrected chi connectivity index (χ3v) is 7.85. The number of ether oxygens (including phenoxy) is 1. The Bertz CT molecular complexity index is 1260. The van der Waals surface area contributed by atoms with Crippen molar-refractivity contribution in [2.24, 2.45) is 0 Å². The van der Waals surface area contributed by atoms with Crippen LogP contribution in [-0.4, -0.2) is 53.6 Å². The van der Waals surface area contributed by atoms with E-state index >= 15 is 0 Å². The van der Waals surface area contributed by atoms with Gasteiger partial charge in [0.1, 0.15) is 5.60 Å². The molecule has 0 bridgehead atoms. The predicted molar refractivity (Wildman–Crippen MR) is 122 cm³/mol. The maximum Gasteiger partial charge on any atom is 0.417 e. The van der Waals surface area contributed by atoms with Gasteiger partial charge in [0.2, 0.25) is 19.9 Å². The summed E-state index contributed by atoms with van der Waals surface area (Å²) >= 11 is 0. The van der Waals surface area contributed by atoms with E-state index in [0.717, 1.165) is 6.07 Å². The monoisotopic (exact) mass is 536 g/mol. The number of hydrogen-bond acceptors (Lipinski definition) is 6. The Hall–Kier alpha value is -2.64. The molecule has 1 amide bonds. The van der Waals surface area contributed by atoms with Crippen LogP contribution < -0.4 is 4.72 Å². The van der Waals surface area contributed by atoms with Crippen LogP contribution in [0.4, 0.5) is 18.0 Å². The molecule has 0 unspecified atom stereocenters. The third kappa shape index (κ3) is 7.67. The van der Waals surface area contributed by atoms with E-state index in [1.807, 2.05) is 4.72 Å². The summed E-state index contributed by atoms with van der Waals surface area (Å²) in [4.78, 5) is 11.2. The first kappa shape index (κ1) is 28.6. The Morgan fingerprint density at radius 3 is 2.11 bits per heavy atom. The summed E-state index contributed by atoms with van der Waals surface area (Å²) in [5.74, 6) is 0. The zero-order chi connectivity index (χ0) is 26.7. The van der Waals surface area contributed by atoms with Gasteiger partial charge in [-0.05, 0) is 57.5 Å². The van der Waals surface area contributed by atoms with Crippen LogP contribution in [0.5, 0.6) is 0 Å². The van der Waals surface area contributed by atoms with Crippen LogP contribution in [0, 0.1) is 0 Å². The van der Waals surface area contributed by atoms with Crippen molar-refractivity contribution in [1.82, 2.24) is 9.62 Å². The second-order valence-corrected chi connectivity index (χ2v) is 12.3. The standard InChI is InChI=1S/C22H27F3N2O6S2/c1-21(2,3)33-20(28)27(4)14-8-13-26-35(31,32)19-15-17(11-12-18(19)22(23,24)25)34(29,30)16-9-6-5-7-10-16/h5-7,9-12,15,26H,8,13-14H2,1-4H3. The molecule has 0 aromatic heterocycles. The first-order valence-corrected chi connectivity index (χ1v) is 13.4. The number of sulfone groups is 1. The van der Waals surface area contributed by atoms with Crippen LogP contribution in [-0.2, 0) is 30.8 Å². The lowest BCUT2D eigenvalue weighted by molar-refractivity contribution is -0.139. The molecule has 0 aliphatic rings. The molecule has 0 saturated heterocycles. The molecule has 13 heteroatoms. The molecule has 2 aromatic carbocycles. The molecule has 8 nitrogen and oxygen atoms in total. The zero-order valence-electron chi connectivity index (χ0n) is 19.6. The Morgan fingerprint density at radius 2 is 1.57 bits per heavy atom. The average Bonchev–Trinajstić information content (AvgIpc) is 2.75. The fraction of sp³-hybridized carbons (Fsp3) is 0.409. The van der Waals surface area contributed by atoms with Crippen LogP contribution >= 0.6 is 0 Å². The van der Waals surface area contributed by atoms with Gasteiger partial charge in [0.05, 0.1) is 20.2 Å². The van der Waals surface area contributed by atoms with Crippen LogP contribution in [0.15, 0.2) is 63.2 Å². The number of nitrogens with zero attached hydrogens (tertiary/aromatic N) is 1. The smallest absolute Gasteiger partial charge is 0.417 e. The lowest BCUT2D eigenvalue weighted by Gasteiger charge is -2.24. The molecule has 0 radical (unpaired) electrons. The molecule has 0 aliphatic carbocycles. The Morgan fingerprint density at radius 1 is 0.971 bits per heavy atom. The maximum absolute atomic E-state index is 13.5. The van der Waals surface area contributed by atoms with Gasteiger partial charge in [0.25, 0.3) is 0 Å². The summed E-state index contributed by atoms with van der Waals surface area (Å²) in [6, 6.07) is 8.59. The van der Waals surface area contributed by atoms with Gasteiger partial charge >= 0.3 is 12.3 Å². The molecule has 0 saturated carbocycles. The molecule has 0 aliphatic heterocycles. The summed E-state index contributed by atoms with van der Waals surface area (Å²) in [6.07, 6.45) is -5.62. The van der Waals surface area contributed by atoms with E-state index in [2.05, 4.69) is 0 Å². The van der Waals surface area contributed by atoms with Crippen molar-refractivity contribution in [1.29, 1.82) is 0 Å². The van der Waals surface area contributed by atoms with Crippen molar-refractivity contribution in [3.05, 3.63) is 54.1 Å². The SMILES string of the molecule is CN(CCCNS(=O)(=O)c1cc(S(=O)(=O)c2ccccc2)ccc1C(F)(F)F)C(=O)OC(C)(C)C. The highest BCUT2D eigenvalue weighted by atomic mass is 32.2. The highest BCUT2D eigenvalue weighted by Crippen LogP contribution is 2.36. The third-order valence-electron chi connectivity index (χ3n) is 4.58. The molecule has 0 fully saturated rings. The van der Waals surface area contributed by atoms with Gasteiger partial charge < -0.3 is 9.64 Å². The molecule has 2 aromatic rings. The Labute approximate surface area is 203 Å². The summed E-state index contributed by atoms with van der Waals surface area (Å²) in [5, 5.41) is 0. The van der Waals surface area contributed by atoms with Gasteiger partial charge in [-0.25, -0.2) is 26.4 Å². The first-order valence-electron chi connectivity index (χ1n) is 10.4. The fourth-order valence-corrected chi connectivity index (χ4v) is 5.60. The average molecular weight is 537 g/mol. The van der Waals surface area contributed by atoms with Gasteiger partial charge in [-0.1, -0.05) is 18.2 Å². The molecular weight excluding hydrogens is 509 g/mol. The summed E-state index contributed by atoms with van der Waals surface area (Å²) in [5.41, 5.74) is -2.23. The number of carbonyl (C=O) groups is 1. The number of amides is 1. The quantitative estimate of drug-likeness (QED) is 0.510. The Balaban J connectivity index is 2.27. The molecule has 0 spiro atoms. The number of hydrogen-bond donors (Lipinski definition) is 1. The molecule has 35 heavy (non-hydrogen) atoms. The van der Waals surface area contributed by atoms with Crippen molar-refractivity contribution in [2.75, 3.05) is 20.1 Å². The van der Waals surface area contributed by atoms with Gasteiger partial charge in [0, 0.05) is 20.1 Å². The maximum atomic E-state index is 13.5. The van der Waals surface area contributed by atoms with Crippen molar-refractivity contribution in [3.63, 3.8) is 0 Å².